The van der Waals surface area contributed by atoms with Crippen molar-refractivity contribution in [3.8, 4) is 22.6 Å². The van der Waals surface area contributed by atoms with E-state index >= 15 is 0 Å². The van der Waals surface area contributed by atoms with Crippen molar-refractivity contribution in [3.05, 3.63) is 97.2 Å². The molecular formula is C20H12N4O7. The first-order valence-corrected chi connectivity index (χ1v) is 8.81. The molecule has 154 valence electrons. The van der Waals surface area contributed by atoms with Crippen LogP contribution in [0, 0.1) is 30.3 Å². The molecule has 11 nitrogen and oxygen atoms in total. The van der Waals surface area contributed by atoms with Crippen molar-refractivity contribution in [2.75, 3.05) is 0 Å². The summed E-state index contributed by atoms with van der Waals surface area (Å²) in [5.74, 6) is -0.113. The normalized spacial score (nSPS) is 10.7. The molecular weight excluding hydrogens is 408 g/mol. The monoisotopic (exact) mass is 420 g/mol. The zero-order valence-electron chi connectivity index (χ0n) is 15.6. The zero-order valence-corrected chi connectivity index (χ0v) is 15.6. The largest absolute Gasteiger partial charge is 0.449 e. The van der Waals surface area contributed by atoms with Crippen LogP contribution in [0.3, 0.4) is 0 Å². The highest BCUT2D eigenvalue weighted by Gasteiger charge is 2.23. The topological polar surface area (TPSA) is 154 Å². The number of fused-ring (bicyclic) bond motifs is 1. The third-order valence-corrected chi connectivity index (χ3v) is 4.62. The number of aromatic nitrogens is 1. The van der Waals surface area contributed by atoms with Crippen LogP contribution in [0.1, 0.15) is 0 Å². The molecule has 11 heteroatoms. The molecule has 0 unspecified atom stereocenters. The number of hydrogen-bond donors (Lipinski definition) is 1. The first-order valence-electron chi connectivity index (χ1n) is 8.81. The maximum absolute atomic E-state index is 11.4. The van der Waals surface area contributed by atoms with Gasteiger partial charge in [-0.25, -0.2) is 0 Å². The van der Waals surface area contributed by atoms with Gasteiger partial charge in [-0.15, -0.1) is 0 Å². The second-order valence-corrected chi connectivity index (χ2v) is 6.45. The molecule has 4 aromatic rings. The molecule has 1 aromatic heterocycles. The molecule has 0 aliphatic rings. The van der Waals surface area contributed by atoms with Crippen molar-refractivity contribution < 1.29 is 19.5 Å². The SMILES string of the molecule is O=[N+]([O-])c1ccc(Oc2ccc([N+](=O)[O-])cc2[N+](=O)[O-])c(-c2c[nH]c3ccccc23)c1. The van der Waals surface area contributed by atoms with Gasteiger partial charge in [0.25, 0.3) is 11.4 Å². The smallest absolute Gasteiger partial charge is 0.318 e. The van der Waals surface area contributed by atoms with Gasteiger partial charge in [0.15, 0.2) is 0 Å². The van der Waals surface area contributed by atoms with Crippen LogP contribution in [0.2, 0.25) is 0 Å². The second-order valence-electron chi connectivity index (χ2n) is 6.45. The number of ether oxygens (including phenoxy) is 1. The first kappa shape index (κ1) is 19.5. The Bertz CT molecular complexity index is 1360. The van der Waals surface area contributed by atoms with Gasteiger partial charge in [-0.3, -0.25) is 30.3 Å². The Kier molecular flexibility index (Phi) is 4.76. The van der Waals surface area contributed by atoms with Crippen molar-refractivity contribution in [3.63, 3.8) is 0 Å². The van der Waals surface area contributed by atoms with Crippen molar-refractivity contribution in [1.29, 1.82) is 0 Å². The van der Waals surface area contributed by atoms with E-state index in [2.05, 4.69) is 4.98 Å². The molecule has 0 bridgehead atoms. The average molecular weight is 420 g/mol. The Balaban J connectivity index is 1.88. The summed E-state index contributed by atoms with van der Waals surface area (Å²) in [5, 5.41) is 34.5. The van der Waals surface area contributed by atoms with Crippen molar-refractivity contribution in [1.82, 2.24) is 4.98 Å². The summed E-state index contributed by atoms with van der Waals surface area (Å²) in [7, 11) is 0. The molecule has 0 amide bonds. The van der Waals surface area contributed by atoms with Crippen LogP contribution in [-0.4, -0.2) is 19.8 Å². The molecule has 0 aliphatic carbocycles. The first-order chi connectivity index (χ1) is 14.8. The number of nitrogens with zero attached hydrogens (tertiary/aromatic N) is 3. The molecule has 0 fully saturated rings. The van der Waals surface area contributed by atoms with Gasteiger partial charge < -0.3 is 9.72 Å². The summed E-state index contributed by atoms with van der Waals surface area (Å²) >= 11 is 0. The Hall–Kier alpha value is -4.80. The van der Waals surface area contributed by atoms with E-state index in [1.165, 1.54) is 18.2 Å². The predicted octanol–water partition coefficient (Wildman–Crippen LogP) is 5.35. The second kappa shape index (κ2) is 7.55. The summed E-state index contributed by atoms with van der Waals surface area (Å²) in [4.78, 5) is 34.7. The van der Waals surface area contributed by atoms with E-state index in [1.807, 2.05) is 18.2 Å². The van der Waals surface area contributed by atoms with Gasteiger partial charge in [0.05, 0.1) is 20.8 Å². The molecule has 0 spiro atoms. The van der Waals surface area contributed by atoms with E-state index in [9.17, 15) is 30.3 Å². The molecule has 3 aromatic carbocycles. The standard InChI is InChI=1S/C20H12N4O7/c25-22(26)12-5-7-19(15(9-12)16-11-21-17-4-2-1-3-14(16)17)31-20-8-6-13(23(27)28)10-18(20)24(29)30/h1-11,21H. The van der Waals surface area contributed by atoms with Crippen LogP contribution < -0.4 is 4.74 Å². The third kappa shape index (κ3) is 3.62. The number of nitrogens with one attached hydrogen (secondary N) is 1. The maximum atomic E-state index is 11.4. The number of H-pyrrole nitrogens is 1. The van der Waals surface area contributed by atoms with Gasteiger partial charge in [-0.05, 0) is 18.2 Å². The summed E-state index contributed by atoms with van der Waals surface area (Å²) in [5.41, 5.74) is 0.470. The van der Waals surface area contributed by atoms with Gasteiger partial charge in [0.1, 0.15) is 5.75 Å². The quantitative estimate of drug-likeness (QED) is 0.325. The number of rotatable bonds is 6. The Morgan fingerprint density at radius 3 is 2.03 bits per heavy atom. The van der Waals surface area contributed by atoms with Crippen molar-refractivity contribution >= 4 is 28.0 Å². The van der Waals surface area contributed by atoms with Crippen LogP contribution in [0.4, 0.5) is 17.1 Å². The van der Waals surface area contributed by atoms with Crippen LogP contribution in [-0.2, 0) is 0 Å². The van der Waals surface area contributed by atoms with E-state index < -0.39 is 26.1 Å². The minimum Gasteiger partial charge on any atom is -0.449 e. The molecule has 0 radical (unpaired) electrons. The number of non-ortho nitro benzene ring substituents is 2. The van der Waals surface area contributed by atoms with E-state index in [0.717, 1.165) is 29.1 Å². The fraction of sp³-hybridized carbons (Fsp3) is 0. The highest BCUT2D eigenvalue weighted by molar-refractivity contribution is 5.97. The van der Waals surface area contributed by atoms with Gasteiger partial charge in [0.2, 0.25) is 5.75 Å². The van der Waals surface area contributed by atoms with Gasteiger partial charge in [-0.1, -0.05) is 18.2 Å². The number of aromatic amines is 1. The Labute approximate surface area is 173 Å². The van der Waals surface area contributed by atoms with Crippen LogP contribution in [0.5, 0.6) is 11.5 Å². The molecule has 0 atom stereocenters. The number of nitro benzene ring substituents is 3. The van der Waals surface area contributed by atoms with Crippen LogP contribution in [0.25, 0.3) is 22.0 Å². The summed E-state index contributed by atoms with van der Waals surface area (Å²) in [6.07, 6.45) is 1.65. The number of para-hydroxylation sites is 1. The molecule has 1 heterocycles. The van der Waals surface area contributed by atoms with Crippen molar-refractivity contribution in [2.45, 2.75) is 0 Å². The maximum Gasteiger partial charge on any atom is 0.318 e. The molecule has 31 heavy (non-hydrogen) atoms. The minimum atomic E-state index is -0.793. The predicted molar refractivity (Wildman–Crippen MR) is 110 cm³/mol. The zero-order chi connectivity index (χ0) is 22.1. The number of nitro groups is 3. The van der Waals surface area contributed by atoms with Gasteiger partial charge >= 0.3 is 5.69 Å². The number of benzene rings is 3. The Morgan fingerprint density at radius 2 is 1.35 bits per heavy atom. The fourth-order valence-electron chi connectivity index (χ4n) is 3.19. The minimum absolute atomic E-state index is 0.118. The van der Waals surface area contributed by atoms with E-state index in [1.54, 1.807) is 12.3 Å². The highest BCUT2D eigenvalue weighted by atomic mass is 16.6. The fourth-order valence-corrected chi connectivity index (χ4v) is 3.19. The van der Waals surface area contributed by atoms with Crippen LogP contribution in [0.15, 0.2) is 66.9 Å². The molecule has 1 N–H and O–H groups in total. The molecule has 0 saturated heterocycles. The number of hydrogen-bond acceptors (Lipinski definition) is 7. The van der Waals surface area contributed by atoms with E-state index in [4.69, 9.17) is 4.74 Å². The summed E-state index contributed by atoms with van der Waals surface area (Å²) in [6, 6.07) is 14.1. The van der Waals surface area contributed by atoms with Crippen LogP contribution >= 0.6 is 0 Å². The van der Waals surface area contributed by atoms with Gasteiger partial charge in [-0.2, -0.15) is 0 Å². The van der Waals surface area contributed by atoms with Crippen molar-refractivity contribution in [2.24, 2.45) is 0 Å². The lowest BCUT2D eigenvalue weighted by molar-refractivity contribution is -0.394. The Morgan fingerprint density at radius 1 is 0.710 bits per heavy atom. The van der Waals surface area contributed by atoms with E-state index in [0.29, 0.717) is 11.1 Å². The third-order valence-electron chi connectivity index (χ3n) is 4.62. The van der Waals surface area contributed by atoms with E-state index in [-0.39, 0.29) is 17.2 Å². The van der Waals surface area contributed by atoms with Gasteiger partial charge in [0, 0.05) is 46.4 Å². The molecule has 0 saturated carbocycles. The summed E-state index contributed by atoms with van der Waals surface area (Å²) < 4.78 is 5.74. The molecule has 0 aliphatic heterocycles. The lowest BCUT2D eigenvalue weighted by Crippen LogP contribution is -1.97. The lowest BCUT2D eigenvalue weighted by atomic mass is 10.0. The molecule has 4 rings (SSSR count). The lowest BCUT2D eigenvalue weighted by Gasteiger charge is -2.11. The summed E-state index contributed by atoms with van der Waals surface area (Å²) in [6.45, 7) is 0. The average Bonchev–Trinajstić information content (AvgIpc) is 3.18. The highest BCUT2D eigenvalue weighted by Crippen LogP contribution is 2.42.